The van der Waals surface area contributed by atoms with Gasteiger partial charge in [0.25, 0.3) is 0 Å². The number of likely N-dealkylation sites (tertiary alicyclic amines) is 1. The largest absolute Gasteiger partial charge is 0.353 e. The Bertz CT molecular complexity index is 459. The lowest BCUT2D eigenvalue weighted by atomic mass is 10.2. The number of rotatable bonds is 4. The molecule has 1 atom stereocenters. The van der Waals surface area contributed by atoms with Crippen molar-refractivity contribution in [1.29, 1.82) is 0 Å². The summed E-state index contributed by atoms with van der Waals surface area (Å²) in [6, 6.07) is 2.33. The Hall–Kier alpha value is -1.20. The first-order valence-electron chi connectivity index (χ1n) is 7.56. The fraction of sp³-hybridized carbons (Fsp3) is 0.667. The van der Waals surface area contributed by atoms with Crippen LogP contribution < -0.4 is 10.2 Å². The molecule has 0 aromatic carbocycles. The van der Waals surface area contributed by atoms with Gasteiger partial charge in [-0.05, 0) is 45.5 Å². The summed E-state index contributed by atoms with van der Waals surface area (Å²) in [6.07, 6.45) is 5.45. The van der Waals surface area contributed by atoms with Crippen molar-refractivity contribution < 1.29 is 4.39 Å². The number of pyridine rings is 1. The van der Waals surface area contributed by atoms with Gasteiger partial charge in [-0.3, -0.25) is 4.90 Å². The molecule has 3 heterocycles. The maximum Gasteiger partial charge on any atom is 0.170 e. The molecule has 1 aromatic heterocycles. The number of aromatic nitrogens is 1. The molecule has 0 saturated carbocycles. The average molecular weight is 278 g/mol. The van der Waals surface area contributed by atoms with E-state index >= 15 is 0 Å². The molecule has 0 spiro atoms. The highest BCUT2D eigenvalue weighted by atomic mass is 19.1. The van der Waals surface area contributed by atoms with Crippen molar-refractivity contribution in [3.63, 3.8) is 0 Å². The van der Waals surface area contributed by atoms with Crippen molar-refractivity contribution in [2.75, 3.05) is 38.1 Å². The third-order valence-electron chi connectivity index (χ3n) is 4.44. The van der Waals surface area contributed by atoms with Crippen molar-refractivity contribution in [2.45, 2.75) is 31.8 Å². The Kier molecular flexibility index (Phi) is 4.17. The predicted octanol–water partition coefficient (Wildman–Crippen LogP) is 1.61. The van der Waals surface area contributed by atoms with Crippen molar-refractivity contribution in [2.24, 2.45) is 0 Å². The molecule has 2 aliphatic rings. The third kappa shape index (κ3) is 2.65. The van der Waals surface area contributed by atoms with Crippen molar-refractivity contribution in [3.8, 4) is 0 Å². The average Bonchev–Trinajstić information content (AvgIpc) is 3.11. The number of hydrogen-bond donors (Lipinski definition) is 1. The zero-order chi connectivity index (χ0) is 13.9. The highest BCUT2D eigenvalue weighted by molar-refractivity contribution is 5.44. The van der Waals surface area contributed by atoms with E-state index in [9.17, 15) is 4.39 Å². The molecule has 2 saturated heterocycles. The number of hydrogen-bond acceptors (Lipinski definition) is 4. The van der Waals surface area contributed by atoms with Crippen LogP contribution in [0.1, 0.15) is 24.8 Å². The monoisotopic (exact) mass is 278 g/mol. The normalized spacial score (nSPS) is 23.7. The summed E-state index contributed by atoms with van der Waals surface area (Å²) < 4.78 is 14.5. The number of nitrogens with one attached hydrogen (secondary N) is 1. The Morgan fingerprint density at radius 3 is 2.90 bits per heavy atom. The second kappa shape index (κ2) is 6.06. The van der Waals surface area contributed by atoms with Crippen LogP contribution in [0.5, 0.6) is 0 Å². The van der Waals surface area contributed by atoms with Gasteiger partial charge in [-0.25, -0.2) is 9.37 Å². The van der Waals surface area contributed by atoms with Gasteiger partial charge in [0, 0.05) is 37.4 Å². The van der Waals surface area contributed by atoms with Crippen LogP contribution >= 0.6 is 0 Å². The number of nitrogens with zero attached hydrogens (tertiary/aromatic N) is 3. The first-order valence-corrected chi connectivity index (χ1v) is 7.56. The minimum Gasteiger partial charge on any atom is -0.353 e. The summed E-state index contributed by atoms with van der Waals surface area (Å²) in [7, 11) is 1.83. The minimum atomic E-state index is -0.163. The molecule has 0 aliphatic carbocycles. The third-order valence-corrected chi connectivity index (χ3v) is 4.44. The van der Waals surface area contributed by atoms with E-state index in [-0.39, 0.29) is 5.82 Å². The lowest BCUT2D eigenvalue weighted by Crippen LogP contribution is -2.35. The zero-order valence-electron chi connectivity index (χ0n) is 12.1. The standard InChI is InChI=1S/C15H23FN4/c1-17-10-12-4-6-18-15(14(12)16)20-9-5-13(11-20)19-7-2-3-8-19/h4,6,13,17H,2-3,5,7-11H2,1H3. The van der Waals surface area contributed by atoms with Crippen LogP contribution in [0.2, 0.25) is 0 Å². The first-order chi connectivity index (χ1) is 9.79. The van der Waals surface area contributed by atoms with Crippen LogP contribution in [0.3, 0.4) is 0 Å². The summed E-state index contributed by atoms with van der Waals surface area (Å²) in [5.41, 5.74) is 0.696. The Morgan fingerprint density at radius 1 is 1.35 bits per heavy atom. The molecule has 110 valence electrons. The molecule has 2 fully saturated rings. The molecule has 20 heavy (non-hydrogen) atoms. The van der Waals surface area contributed by atoms with Crippen LogP contribution in [0.4, 0.5) is 10.2 Å². The first kappa shape index (κ1) is 13.8. The van der Waals surface area contributed by atoms with Gasteiger partial charge < -0.3 is 10.2 Å². The van der Waals surface area contributed by atoms with Gasteiger partial charge in [0.2, 0.25) is 0 Å². The van der Waals surface area contributed by atoms with E-state index in [1.807, 2.05) is 7.05 Å². The van der Waals surface area contributed by atoms with Crippen LogP contribution in [0.25, 0.3) is 0 Å². The maximum absolute atomic E-state index is 14.5. The Morgan fingerprint density at radius 2 is 2.15 bits per heavy atom. The molecule has 1 unspecified atom stereocenters. The SMILES string of the molecule is CNCc1ccnc(N2CCC(N3CCCC3)C2)c1F. The van der Waals surface area contributed by atoms with E-state index in [1.54, 1.807) is 12.3 Å². The second-order valence-electron chi connectivity index (χ2n) is 5.77. The predicted molar refractivity (Wildman–Crippen MR) is 78.4 cm³/mol. The Balaban J connectivity index is 1.72. The van der Waals surface area contributed by atoms with Crippen LogP contribution in [-0.2, 0) is 6.54 Å². The van der Waals surface area contributed by atoms with Crippen molar-refractivity contribution in [1.82, 2.24) is 15.2 Å². The van der Waals surface area contributed by atoms with Gasteiger partial charge in [-0.2, -0.15) is 0 Å². The van der Waals surface area contributed by atoms with E-state index in [0.29, 0.717) is 24.0 Å². The lowest BCUT2D eigenvalue weighted by Gasteiger charge is -2.24. The van der Waals surface area contributed by atoms with E-state index < -0.39 is 0 Å². The van der Waals surface area contributed by atoms with Crippen LogP contribution in [0, 0.1) is 5.82 Å². The molecule has 2 aliphatic heterocycles. The van der Waals surface area contributed by atoms with Crippen LogP contribution in [-0.4, -0.2) is 49.2 Å². The lowest BCUT2D eigenvalue weighted by molar-refractivity contribution is 0.260. The summed E-state index contributed by atoms with van der Waals surface area (Å²) in [5.74, 6) is 0.364. The zero-order valence-corrected chi connectivity index (χ0v) is 12.1. The molecule has 3 rings (SSSR count). The number of anilines is 1. The summed E-state index contributed by atoms with van der Waals surface area (Å²) in [5, 5.41) is 3.00. The molecule has 5 heteroatoms. The minimum absolute atomic E-state index is 0.163. The fourth-order valence-corrected chi connectivity index (χ4v) is 3.36. The van der Waals surface area contributed by atoms with E-state index in [4.69, 9.17) is 0 Å². The Labute approximate surface area is 120 Å². The van der Waals surface area contributed by atoms with E-state index in [1.165, 1.54) is 25.9 Å². The fourth-order valence-electron chi connectivity index (χ4n) is 3.36. The van der Waals surface area contributed by atoms with Gasteiger partial charge in [-0.1, -0.05) is 0 Å². The molecule has 0 bridgehead atoms. The van der Waals surface area contributed by atoms with Gasteiger partial charge in [0.05, 0.1) is 0 Å². The smallest absolute Gasteiger partial charge is 0.170 e. The molecule has 0 radical (unpaired) electrons. The van der Waals surface area contributed by atoms with Gasteiger partial charge in [0.15, 0.2) is 11.6 Å². The van der Waals surface area contributed by atoms with Crippen molar-refractivity contribution >= 4 is 5.82 Å². The molecular weight excluding hydrogens is 255 g/mol. The molecule has 0 amide bonds. The van der Waals surface area contributed by atoms with Gasteiger partial charge in [-0.15, -0.1) is 0 Å². The highest BCUT2D eigenvalue weighted by Gasteiger charge is 2.31. The second-order valence-corrected chi connectivity index (χ2v) is 5.77. The summed E-state index contributed by atoms with van der Waals surface area (Å²) in [4.78, 5) is 8.93. The van der Waals surface area contributed by atoms with Gasteiger partial charge in [0.1, 0.15) is 0 Å². The van der Waals surface area contributed by atoms with Crippen LogP contribution in [0.15, 0.2) is 12.3 Å². The quantitative estimate of drug-likeness (QED) is 0.907. The summed E-state index contributed by atoms with van der Waals surface area (Å²) in [6.45, 7) is 4.77. The van der Waals surface area contributed by atoms with Gasteiger partial charge >= 0.3 is 0 Å². The summed E-state index contributed by atoms with van der Waals surface area (Å²) >= 11 is 0. The molecule has 1 N–H and O–H groups in total. The van der Waals surface area contributed by atoms with Crippen molar-refractivity contribution in [3.05, 3.63) is 23.6 Å². The molecular formula is C15H23FN4. The number of halogens is 1. The topological polar surface area (TPSA) is 31.4 Å². The molecule has 1 aromatic rings. The van der Waals surface area contributed by atoms with E-state index in [2.05, 4.69) is 20.1 Å². The maximum atomic E-state index is 14.5. The molecule has 4 nitrogen and oxygen atoms in total. The highest BCUT2D eigenvalue weighted by Crippen LogP contribution is 2.26. The van der Waals surface area contributed by atoms with E-state index in [0.717, 1.165) is 19.5 Å².